The number of nitrogens with zero attached hydrogens (tertiary/aromatic N) is 2. The molecule has 1 amide bonds. The first-order valence-corrected chi connectivity index (χ1v) is 7.30. The topological polar surface area (TPSA) is 44.8 Å². The maximum absolute atomic E-state index is 12.3. The minimum absolute atomic E-state index is 0.0583. The van der Waals surface area contributed by atoms with Crippen LogP contribution in [0.1, 0.15) is 24.2 Å². The SMILES string of the molecule is COc1ccc(C2NC(C)C(=O)N2CCN(C)C)cc1C. The van der Waals surface area contributed by atoms with E-state index >= 15 is 0 Å². The van der Waals surface area contributed by atoms with E-state index in [1.165, 1.54) is 0 Å². The summed E-state index contributed by atoms with van der Waals surface area (Å²) in [6, 6.07) is 5.94. The molecule has 2 unspecified atom stereocenters. The van der Waals surface area contributed by atoms with Gasteiger partial charge < -0.3 is 14.5 Å². The van der Waals surface area contributed by atoms with E-state index in [2.05, 4.69) is 16.3 Å². The van der Waals surface area contributed by atoms with Crippen LogP contribution in [0.15, 0.2) is 18.2 Å². The lowest BCUT2D eigenvalue weighted by Crippen LogP contribution is -2.36. The molecule has 1 aliphatic heterocycles. The van der Waals surface area contributed by atoms with Gasteiger partial charge in [0.2, 0.25) is 5.91 Å². The number of ether oxygens (including phenoxy) is 1. The summed E-state index contributed by atoms with van der Waals surface area (Å²) < 4.78 is 5.30. The molecule has 21 heavy (non-hydrogen) atoms. The summed E-state index contributed by atoms with van der Waals surface area (Å²) in [4.78, 5) is 16.3. The van der Waals surface area contributed by atoms with Crippen molar-refractivity contribution in [3.8, 4) is 5.75 Å². The molecule has 1 saturated heterocycles. The minimum atomic E-state index is -0.139. The van der Waals surface area contributed by atoms with Gasteiger partial charge in [0.05, 0.1) is 13.2 Å². The molecule has 1 aromatic rings. The van der Waals surface area contributed by atoms with Crippen molar-refractivity contribution in [2.75, 3.05) is 34.3 Å². The first-order valence-electron chi connectivity index (χ1n) is 7.30. The Morgan fingerprint density at radius 2 is 2.10 bits per heavy atom. The predicted octanol–water partition coefficient (Wildman–Crippen LogP) is 1.38. The van der Waals surface area contributed by atoms with Crippen LogP contribution in [0.5, 0.6) is 5.75 Å². The van der Waals surface area contributed by atoms with Gasteiger partial charge in [0.1, 0.15) is 11.9 Å². The summed E-state index contributed by atoms with van der Waals surface area (Å²) in [5.74, 6) is 1.03. The normalized spacial score (nSPS) is 22.2. The van der Waals surface area contributed by atoms with Crippen LogP contribution in [-0.4, -0.2) is 56.0 Å². The zero-order valence-corrected chi connectivity index (χ0v) is 13.5. The van der Waals surface area contributed by atoms with Crippen LogP contribution in [0.4, 0.5) is 0 Å². The molecule has 0 aliphatic carbocycles. The fourth-order valence-electron chi connectivity index (χ4n) is 2.67. The molecule has 1 fully saturated rings. The van der Waals surface area contributed by atoms with E-state index in [-0.39, 0.29) is 18.1 Å². The average molecular weight is 291 g/mol. The van der Waals surface area contributed by atoms with Crippen molar-refractivity contribution in [2.24, 2.45) is 0 Å². The lowest BCUT2D eigenvalue weighted by molar-refractivity contribution is -0.130. The second-order valence-electron chi connectivity index (χ2n) is 5.85. The quantitative estimate of drug-likeness (QED) is 0.890. The van der Waals surface area contributed by atoms with E-state index in [9.17, 15) is 4.79 Å². The Bertz CT molecular complexity index is 516. The molecule has 1 aliphatic rings. The van der Waals surface area contributed by atoms with E-state index < -0.39 is 0 Å². The number of benzene rings is 1. The Kier molecular flexibility index (Phi) is 4.85. The molecule has 5 heteroatoms. The van der Waals surface area contributed by atoms with E-state index in [0.29, 0.717) is 0 Å². The summed E-state index contributed by atoms with van der Waals surface area (Å²) in [7, 11) is 5.71. The fraction of sp³-hybridized carbons (Fsp3) is 0.562. The van der Waals surface area contributed by atoms with Gasteiger partial charge in [-0.25, -0.2) is 0 Å². The van der Waals surface area contributed by atoms with Crippen LogP contribution in [0.3, 0.4) is 0 Å². The maximum atomic E-state index is 12.3. The number of nitrogens with one attached hydrogen (secondary N) is 1. The second-order valence-corrected chi connectivity index (χ2v) is 5.85. The number of rotatable bonds is 5. The van der Waals surface area contributed by atoms with Gasteiger partial charge >= 0.3 is 0 Å². The number of carbonyl (C=O) groups is 1. The Labute approximate surface area is 126 Å². The Hall–Kier alpha value is -1.59. The number of hydrogen-bond donors (Lipinski definition) is 1. The van der Waals surface area contributed by atoms with Crippen LogP contribution in [0.2, 0.25) is 0 Å². The van der Waals surface area contributed by atoms with Crippen LogP contribution < -0.4 is 10.1 Å². The molecular formula is C16H25N3O2. The zero-order valence-electron chi connectivity index (χ0n) is 13.5. The lowest BCUT2D eigenvalue weighted by atomic mass is 10.1. The first kappa shape index (κ1) is 15.8. The molecule has 1 heterocycles. The Morgan fingerprint density at radius 1 is 1.38 bits per heavy atom. The van der Waals surface area contributed by atoms with Crippen molar-refractivity contribution in [3.63, 3.8) is 0 Å². The highest BCUT2D eigenvalue weighted by atomic mass is 16.5. The maximum Gasteiger partial charge on any atom is 0.241 e. The highest BCUT2D eigenvalue weighted by Crippen LogP contribution is 2.28. The fourth-order valence-corrected chi connectivity index (χ4v) is 2.67. The molecule has 5 nitrogen and oxygen atoms in total. The second kappa shape index (κ2) is 6.45. The minimum Gasteiger partial charge on any atom is -0.496 e. The van der Waals surface area contributed by atoms with Gasteiger partial charge in [-0.3, -0.25) is 10.1 Å². The highest BCUT2D eigenvalue weighted by molar-refractivity contribution is 5.84. The number of amides is 1. The molecule has 0 spiro atoms. The molecular weight excluding hydrogens is 266 g/mol. The summed E-state index contributed by atoms with van der Waals surface area (Å²) in [5, 5.41) is 3.38. The van der Waals surface area contributed by atoms with Crippen molar-refractivity contribution in [2.45, 2.75) is 26.1 Å². The van der Waals surface area contributed by atoms with E-state index in [1.807, 2.05) is 45.0 Å². The highest BCUT2D eigenvalue weighted by Gasteiger charge is 2.36. The molecule has 0 saturated carbocycles. The molecule has 0 radical (unpaired) electrons. The van der Waals surface area contributed by atoms with Crippen LogP contribution in [0.25, 0.3) is 0 Å². The number of likely N-dealkylation sites (N-methyl/N-ethyl adjacent to an activating group) is 1. The largest absolute Gasteiger partial charge is 0.496 e. The predicted molar refractivity (Wildman–Crippen MR) is 83.3 cm³/mol. The molecule has 116 valence electrons. The smallest absolute Gasteiger partial charge is 0.241 e. The van der Waals surface area contributed by atoms with E-state index in [0.717, 1.165) is 30.0 Å². The average Bonchev–Trinajstić information content (AvgIpc) is 2.72. The standard InChI is InChI=1S/C16H25N3O2/c1-11-10-13(6-7-14(11)21-5)15-17-12(2)16(20)19(15)9-8-18(3)4/h6-7,10,12,15,17H,8-9H2,1-5H3. The van der Waals surface area contributed by atoms with Gasteiger partial charge in [0.25, 0.3) is 0 Å². The molecule has 2 atom stereocenters. The van der Waals surface area contributed by atoms with Crippen LogP contribution in [0, 0.1) is 6.92 Å². The van der Waals surface area contributed by atoms with Gasteiger partial charge in [-0.2, -0.15) is 0 Å². The first-order chi connectivity index (χ1) is 9.93. The number of aryl methyl sites for hydroxylation is 1. The van der Waals surface area contributed by atoms with Gasteiger partial charge in [-0.15, -0.1) is 0 Å². The van der Waals surface area contributed by atoms with E-state index in [1.54, 1.807) is 7.11 Å². The van der Waals surface area contributed by atoms with Gasteiger partial charge in [-0.1, -0.05) is 6.07 Å². The lowest BCUT2D eigenvalue weighted by Gasteiger charge is -2.26. The third kappa shape index (κ3) is 3.36. The molecule has 2 rings (SSSR count). The summed E-state index contributed by atoms with van der Waals surface area (Å²) >= 11 is 0. The summed E-state index contributed by atoms with van der Waals surface area (Å²) in [5.41, 5.74) is 2.18. The van der Waals surface area contributed by atoms with Crippen molar-refractivity contribution in [1.29, 1.82) is 0 Å². The van der Waals surface area contributed by atoms with Gasteiger partial charge in [0.15, 0.2) is 0 Å². The van der Waals surface area contributed by atoms with Gasteiger partial charge in [-0.05, 0) is 51.2 Å². The van der Waals surface area contributed by atoms with Crippen LogP contribution >= 0.6 is 0 Å². The zero-order chi connectivity index (χ0) is 15.6. The Balaban J connectivity index is 2.23. The molecule has 0 bridgehead atoms. The van der Waals surface area contributed by atoms with Crippen molar-refractivity contribution in [1.82, 2.24) is 15.1 Å². The Morgan fingerprint density at radius 3 is 2.67 bits per heavy atom. The molecule has 0 aromatic heterocycles. The summed E-state index contributed by atoms with van der Waals surface area (Å²) in [6.07, 6.45) is -0.0583. The molecule has 1 N–H and O–H groups in total. The van der Waals surface area contributed by atoms with E-state index in [4.69, 9.17) is 4.74 Å². The van der Waals surface area contributed by atoms with Gasteiger partial charge in [0, 0.05) is 13.1 Å². The third-order valence-electron chi connectivity index (χ3n) is 3.90. The number of hydrogen-bond acceptors (Lipinski definition) is 4. The number of methoxy groups -OCH3 is 1. The monoisotopic (exact) mass is 291 g/mol. The molecule has 1 aromatic carbocycles. The van der Waals surface area contributed by atoms with Crippen molar-refractivity contribution in [3.05, 3.63) is 29.3 Å². The third-order valence-corrected chi connectivity index (χ3v) is 3.90. The van der Waals surface area contributed by atoms with Crippen molar-refractivity contribution < 1.29 is 9.53 Å². The van der Waals surface area contributed by atoms with Crippen LogP contribution in [-0.2, 0) is 4.79 Å². The summed E-state index contributed by atoms with van der Waals surface area (Å²) in [6.45, 7) is 5.51. The van der Waals surface area contributed by atoms with Crippen molar-refractivity contribution >= 4 is 5.91 Å². The number of carbonyl (C=O) groups excluding carboxylic acids is 1.